The van der Waals surface area contributed by atoms with Crippen molar-refractivity contribution in [3.8, 4) is 0 Å². The number of nitrogens with zero attached hydrogens (tertiary/aromatic N) is 1. The number of carbonyl (C=O) groups excluding carboxylic acids is 3. The Morgan fingerprint density at radius 3 is 2.36 bits per heavy atom. The molecule has 4 rings (SSSR count). The number of imide groups is 1. The second-order valence-electron chi connectivity index (χ2n) is 6.49. The molecule has 0 radical (unpaired) electrons. The smallest absolute Gasteiger partial charge is 0.336 e. The maximum Gasteiger partial charge on any atom is 0.336 e. The quantitative estimate of drug-likeness (QED) is 0.394. The maximum atomic E-state index is 12.3. The zero-order valence-corrected chi connectivity index (χ0v) is 14.9. The first-order valence-electron chi connectivity index (χ1n) is 8.58. The Labute approximate surface area is 159 Å². The molecule has 0 spiro atoms. The summed E-state index contributed by atoms with van der Waals surface area (Å²) in [7, 11) is 0. The number of hydrogen-bond donors (Lipinski definition) is 0. The van der Waals surface area contributed by atoms with Gasteiger partial charge in [-0.15, -0.1) is 0 Å². The summed E-state index contributed by atoms with van der Waals surface area (Å²) < 4.78 is 10.4. The van der Waals surface area contributed by atoms with Crippen LogP contribution in [0, 0.1) is 6.92 Å². The highest BCUT2D eigenvalue weighted by molar-refractivity contribution is 6.22. The molecule has 0 fully saturated rings. The third kappa shape index (κ3) is 3.07. The minimum absolute atomic E-state index is 0.173. The van der Waals surface area contributed by atoms with Gasteiger partial charge in [-0.25, -0.2) is 4.79 Å². The van der Waals surface area contributed by atoms with E-state index in [2.05, 4.69) is 0 Å². The van der Waals surface area contributed by atoms with Crippen molar-refractivity contribution in [1.29, 1.82) is 0 Å². The van der Waals surface area contributed by atoms with Crippen LogP contribution in [0.15, 0.2) is 57.7 Å². The Kier molecular flexibility index (Phi) is 4.27. The number of aryl methyl sites for hydroxylation is 1. The minimum atomic E-state index is -0.747. The molecule has 2 aromatic carbocycles. The zero-order valence-electron chi connectivity index (χ0n) is 14.9. The van der Waals surface area contributed by atoms with Crippen molar-refractivity contribution in [3.05, 3.63) is 81.2 Å². The van der Waals surface area contributed by atoms with Gasteiger partial charge in [0.2, 0.25) is 0 Å². The molecule has 0 bridgehead atoms. The molecule has 7 nitrogen and oxygen atoms in total. The first-order valence-corrected chi connectivity index (χ1v) is 8.58. The van der Waals surface area contributed by atoms with Crippen LogP contribution in [0.25, 0.3) is 11.0 Å². The van der Waals surface area contributed by atoms with Crippen LogP contribution < -0.4 is 5.63 Å². The number of fused-ring (bicyclic) bond motifs is 2. The van der Waals surface area contributed by atoms with E-state index >= 15 is 0 Å². The van der Waals surface area contributed by atoms with Crippen molar-refractivity contribution in [3.63, 3.8) is 0 Å². The van der Waals surface area contributed by atoms with Crippen LogP contribution in [0.4, 0.5) is 0 Å². The summed E-state index contributed by atoms with van der Waals surface area (Å²) in [4.78, 5) is 49.4. The number of amides is 2. The molecular formula is C21H15NO6. The van der Waals surface area contributed by atoms with E-state index < -0.39 is 30.0 Å². The average molecular weight is 377 g/mol. The Morgan fingerprint density at radius 2 is 1.68 bits per heavy atom. The van der Waals surface area contributed by atoms with Gasteiger partial charge >= 0.3 is 11.6 Å². The number of ether oxygens (including phenoxy) is 1. The van der Waals surface area contributed by atoms with Crippen LogP contribution in [-0.2, 0) is 16.1 Å². The second-order valence-corrected chi connectivity index (χ2v) is 6.49. The van der Waals surface area contributed by atoms with Crippen LogP contribution in [0.5, 0.6) is 0 Å². The summed E-state index contributed by atoms with van der Waals surface area (Å²) >= 11 is 0. The van der Waals surface area contributed by atoms with Crippen molar-refractivity contribution < 1.29 is 23.5 Å². The molecule has 2 heterocycles. The molecule has 7 heteroatoms. The Hall–Kier alpha value is -3.74. The van der Waals surface area contributed by atoms with E-state index in [1.165, 1.54) is 18.2 Å². The molecule has 3 aromatic rings. The molecule has 0 N–H and O–H groups in total. The van der Waals surface area contributed by atoms with Gasteiger partial charge in [0.05, 0.1) is 11.1 Å². The second kappa shape index (κ2) is 6.77. The zero-order chi connectivity index (χ0) is 19.8. The van der Waals surface area contributed by atoms with Gasteiger partial charge < -0.3 is 9.15 Å². The first kappa shape index (κ1) is 17.7. The van der Waals surface area contributed by atoms with Crippen molar-refractivity contribution in [1.82, 2.24) is 4.90 Å². The molecule has 2 amide bonds. The molecule has 0 saturated heterocycles. The lowest BCUT2D eigenvalue weighted by atomic mass is 10.1. The number of hydrogen-bond acceptors (Lipinski definition) is 6. The van der Waals surface area contributed by atoms with Gasteiger partial charge in [0.15, 0.2) is 0 Å². The Bertz CT molecular complexity index is 1160. The SMILES string of the molecule is Cc1ccc2c(COC(=O)CN3C(=O)c4ccccc4C3=O)cc(=O)oc2c1. The molecule has 0 unspecified atom stereocenters. The van der Waals surface area contributed by atoms with E-state index in [0.717, 1.165) is 10.5 Å². The van der Waals surface area contributed by atoms with Gasteiger partial charge in [0, 0.05) is 17.0 Å². The van der Waals surface area contributed by atoms with Gasteiger partial charge in [-0.3, -0.25) is 19.3 Å². The molecule has 0 aliphatic carbocycles. The Balaban J connectivity index is 1.49. The highest BCUT2D eigenvalue weighted by Gasteiger charge is 2.36. The molecule has 1 aliphatic heterocycles. The predicted molar refractivity (Wildman–Crippen MR) is 98.8 cm³/mol. The lowest BCUT2D eigenvalue weighted by Crippen LogP contribution is -2.35. The van der Waals surface area contributed by atoms with Gasteiger partial charge in [-0.2, -0.15) is 0 Å². The molecule has 1 aliphatic rings. The molecule has 0 atom stereocenters. The molecule has 0 saturated carbocycles. The largest absolute Gasteiger partial charge is 0.459 e. The Morgan fingerprint density at radius 1 is 1.00 bits per heavy atom. The lowest BCUT2D eigenvalue weighted by Gasteiger charge is -2.13. The van der Waals surface area contributed by atoms with E-state index in [1.54, 1.807) is 24.3 Å². The summed E-state index contributed by atoms with van der Waals surface area (Å²) in [5.74, 6) is -1.80. The van der Waals surface area contributed by atoms with Crippen LogP contribution in [0.1, 0.15) is 31.8 Å². The summed E-state index contributed by atoms with van der Waals surface area (Å²) in [5, 5.41) is 0.652. The van der Waals surface area contributed by atoms with Gasteiger partial charge in [0.1, 0.15) is 18.7 Å². The van der Waals surface area contributed by atoms with Crippen LogP contribution in [0.2, 0.25) is 0 Å². The highest BCUT2D eigenvalue weighted by atomic mass is 16.5. The van der Waals surface area contributed by atoms with Gasteiger partial charge in [-0.1, -0.05) is 24.3 Å². The lowest BCUT2D eigenvalue weighted by molar-refractivity contribution is -0.145. The number of rotatable bonds is 4. The third-order valence-electron chi connectivity index (χ3n) is 4.54. The fraction of sp³-hybridized carbons (Fsp3) is 0.143. The first-order chi connectivity index (χ1) is 13.4. The van der Waals surface area contributed by atoms with Crippen molar-refractivity contribution >= 4 is 28.8 Å². The predicted octanol–water partition coefficient (Wildman–Crippen LogP) is 2.44. The van der Waals surface area contributed by atoms with Crippen molar-refractivity contribution in [2.75, 3.05) is 6.54 Å². The fourth-order valence-electron chi connectivity index (χ4n) is 3.17. The van der Waals surface area contributed by atoms with E-state index in [-0.39, 0.29) is 17.7 Å². The standard InChI is InChI=1S/C21H15NO6/c1-12-6-7-14-13(9-18(23)28-17(14)8-12)11-27-19(24)10-22-20(25)15-4-2-3-5-16(15)21(22)26/h2-9H,10-11H2,1H3. The summed E-state index contributed by atoms with van der Waals surface area (Å²) in [5.41, 5.74) is 1.80. The minimum Gasteiger partial charge on any atom is -0.459 e. The number of esters is 1. The summed E-state index contributed by atoms with van der Waals surface area (Å²) in [6.45, 7) is 1.20. The van der Waals surface area contributed by atoms with Crippen molar-refractivity contribution in [2.24, 2.45) is 0 Å². The average Bonchev–Trinajstić information content (AvgIpc) is 2.91. The normalized spacial score (nSPS) is 13.1. The monoisotopic (exact) mass is 377 g/mol. The van der Waals surface area contributed by atoms with Crippen LogP contribution in [0.3, 0.4) is 0 Å². The summed E-state index contributed by atoms with van der Waals surface area (Å²) in [6.07, 6.45) is 0. The molecule has 140 valence electrons. The molecule has 28 heavy (non-hydrogen) atoms. The van der Waals surface area contributed by atoms with Crippen LogP contribution in [-0.4, -0.2) is 29.2 Å². The molecule has 1 aromatic heterocycles. The highest BCUT2D eigenvalue weighted by Crippen LogP contribution is 2.23. The van der Waals surface area contributed by atoms with E-state index in [4.69, 9.17) is 9.15 Å². The fourth-order valence-corrected chi connectivity index (χ4v) is 3.17. The number of carbonyl (C=O) groups is 3. The summed E-state index contributed by atoms with van der Waals surface area (Å²) in [6, 6.07) is 13.0. The van der Waals surface area contributed by atoms with Crippen molar-refractivity contribution in [2.45, 2.75) is 13.5 Å². The topological polar surface area (TPSA) is 93.9 Å². The maximum absolute atomic E-state index is 12.3. The molecular weight excluding hydrogens is 362 g/mol. The van der Waals surface area contributed by atoms with E-state index in [1.807, 2.05) is 13.0 Å². The van der Waals surface area contributed by atoms with E-state index in [0.29, 0.717) is 16.5 Å². The van der Waals surface area contributed by atoms with Gasteiger partial charge in [-0.05, 0) is 30.7 Å². The number of benzene rings is 2. The van der Waals surface area contributed by atoms with E-state index in [9.17, 15) is 19.2 Å². The van der Waals surface area contributed by atoms with Gasteiger partial charge in [0.25, 0.3) is 11.8 Å². The van der Waals surface area contributed by atoms with Crippen LogP contribution >= 0.6 is 0 Å². The third-order valence-corrected chi connectivity index (χ3v) is 4.54.